The predicted octanol–water partition coefficient (Wildman–Crippen LogP) is 6.21. The van der Waals surface area contributed by atoms with E-state index in [-0.39, 0.29) is 22.0 Å². The van der Waals surface area contributed by atoms with Crippen LogP contribution in [0.2, 0.25) is 5.02 Å². The topological polar surface area (TPSA) is 50.9 Å². The first-order valence-corrected chi connectivity index (χ1v) is 9.14. The van der Waals surface area contributed by atoms with Crippen LogP contribution in [0.25, 0.3) is 33.3 Å². The molecule has 30 heavy (non-hydrogen) atoms. The highest BCUT2D eigenvalue weighted by atomic mass is 35.5. The number of rotatable bonds is 3. The molecule has 0 saturated heterocycles. The van der Waals surface area contributed by atoms with Gasteiger partial charge in [0.25, 0.3) is 0 Å². The van der Waals surface area contributed by atoms with Crippen molar-refractivity contribution in [2.24, 2.45) is 0 Å². The summed E-state index contributed by atoms with van der Waals surface area (Å²) in [5.41, 5.74) is 0.468. The predicted molar refractivity (Wildman–Crippen MR) is 103 cm³/mol. The Morgan fingerprint density at radius 3 is 2.37 bits per heavy atom. The number of nitrogens with zero attached hydrogens (tertiary/aromatic N) is 1. The Balaban J connectivity index is 2.13. The highest BCUT2D eigenvalue weighted by molar-refractivity contribution is 6.37. The number of aryl methyl sites for hydroxylation is 2. The maximum atomic E-state index is 14.1. The van der Waals surface area contributed by atoms with Crippen LogP contribution in [0.5, 0.6) is 0 Å². The second-order valence-electron chi connectivity index (χ2n) is 7.04. The molecular weight excluding hydrogens is 431 g/mol. The van der Waals surface area contributed by atoms with Crippen molar-refractivity contribution in [2.75, 3.05) is 0 Å². The second kappa shape index (κ2) is 6.60. The number of aromatic nitrogens is 2. The molecule has 10 heteroatoms. The fourth-order valence-electron chi connectivity index (χ4n) is 3.68. The van der Waals surface area contributed by atoms with Gasteiger partial charge in [0.2, 0.25) is 5.56 Å². The lowest BCUT2D eigenvalue weighted by molar-refractivity contribution is -0.286. The van der Waals surface area contributed by atoms with E-state index >= 15 is 0 Å². The zero-order valence-electron chi connectivity index (χ0n) is 15.6. The lowest BCUT2D eigenvalue weighted by Crippen LogP contribution is -2.40. The summed E-state index contributed by atoms with van der Waals surface area (Å²) in [6.07, 6.45) is -5.73. The Morgan fingerprint density at radius 1 is 1.07 bits per heavy atom. The molecular formula is C20H14ClF5N2O2. The van der Waals surface area contributed by atoms with E-state index < -0.39 is 24.2 Å². The van der Waals surface area contributed by atoms with E-state index in [0.717, 1.165) is 10.6 Å². The summed E-state index contributed by atoms with van der Waals surface area (Å²) in [7, 11) is 0. The molecule has 0 atom stereocenters. The average molecular weight is 445 g/mol. The summed E-state index contributed by atoms with van der Waals surface area (Å²) < 4.78 is 73.5. The Morgan fingerprint density at radius 2 is 1.77 bits per heavy atom. The molecule has 0 bridgehead atoms. The van der Waals surface area contributed by atoms with E-state index in [2.05, 4.69) is 4.98 Å². The molecule has 4 nitrogen and oxygen atoms in total. The number of furan rings is 1. The third kappa shape index (κ3) is 3.08. The summed E-state index contributed by atoms with van der Waals surface area (Å²) in [6, 6.07) is 7.01. The van der Waals surface area contributed by atoms with E-state index in [1.807, 2.05) is 0 Å². The van der Waals surface area contributed by atoms with Crippen LogP contribution >= 0.6 is 11.6 Å². The minimum absolute atomic E-state index is 0.0596. The van der Waals surface area contributed by atoms with Crippen LogP contribution in [0.1, 0.15) is 11.3 Å². The molecule has 0 spiro atoms. The number of fused-ring (bicyclic) bond motifs is 3. The Kier molecular flexibility index (Phi) is 4.50. The molecule has 0 aliphatic carbocycles. The van der Waals surface area contributed by atoms with Gasteiger partial charge in [0.15, 0.2) is 5.76 Å². The summed E-state index contributed by atoms with van der Waals surface area (Å²) >= 11 is 6.25. The van der Waals surface area contributed by atoms with Gasteiger partial charge in [-0.3, -0.25) is 4.79 Å². The maximum Gasteiger partial charge on any atom is 0.455 e. The van der Waals surface area contributed by atoms with Gasteiger partial charge >= 0.3 is 12.1 Å². The normalized spacial score (nSPS) is 12.9. The standard InChI is InChI=1S/C20H14ClF5N2O2/c1-9-3-6-14(30-9)18-10(2)16-13(28(18)8-19(22,23)20(24,25)26)5-4-12-17(16)11(21)7-15(29)27-12/h3-7H,8H2,1-2H3,(H,27,29). The smallest absolute Gasteiger partial charge is 0.455 e. The van der Waals surface area contributed by atoms with Crippen LogP contribution in [-0.2, 0) is 6.54 Å². The van der Waals surface area contributed by atoms with Crippen molar-refractivity contribution in [3.63, 3.8) is 0 Å². The van der Waals surface area contributed by atoms with Gasteiger partial charge in [0.05, 0.1) is 22.8 Å². The molecule has 0 aliphatic heterocycles. The fraction of sp³-hybridized carbons (Fsp3) is 0.250. The number of H-pyrrole nitrogens is 1. The Labute approximate surface area is 170 Å². The molecule has 4 aromatic rings. The lowest BCUT2D eigenvalue weighted by atomic mass is 10.1. The van der Waals surface area contributed by atoms with E-state index in [0.29, 0.717) is 27.6 Å². The molecule has 158 valence electrons. The van der Waals surface area contributed by atoms with Crippen molar-refractivity contribution in [3.8, 4) is 11.5 Å². The van der Waals surface area contributed by atoms with Crippen molar-refractivity contribution < 1.29 is 26.4 Å². The number of nitrogens with one attached hydrogen (secondary N) is 1. The summed E-state index contributed by atoms with van der Waals surface area (Å²) in [6.45, 7) is 1.58. The number of hydrogen-bond donors (Lipinski definition) is 1. The van der Waals surface area contributed by atoms with Gasteiger partial charge in [-0.25, -0.2) is 0 Å². The number of hydrogen-bond acceptors (Lipinski definition) is 2. The van der Waals surface area contributed by atoms with Crippen molar-refractivity contribution in [1.82, 2.24) is 9.55 Å². The molecule has 3 heterocycles. The minimum Gasteiger partial charge on any atom is -0.460 e. The van der Waals surface area contributed by atoms with Gasteiger partial charge in [-0.2, -0.15) is 22.0 Å². The van der Waals surface area contributed by atoms with Crippen LogP contribution in [0.3, 0.4) is 0 Å². The van der Waals surface area contributed by atoms with Gasteiger partial charge in [-0.05, 0) is 43.7 Å². The average Bonchev–Trinajstić information content (AvgIpc) is 3.15. The van der Waals surface area contributed by atoms with Gasteiger partial charge in [-0.1, -0.05) is 11.6 Å². The molecule has 1 N–H and O–H groups in total. The summed E-state index contributed by atoms with van der Waals surface area (Å²) in [5.74, 6) is -4.37. The highest BCUT2D eigenvalue weighted by Gasteiger charge is 2.58. The number of halogens is 6. The van der Waals surface area contributed by atoms with Gasteiger partial charge < -0.3 is 14.0 Å². The molecule has 4 rings (SSSR count). The molecule has 0 unspecified atom stereocenters. The van der Waals surface area contributed by atoms with Crippen LogP contribution < -0.4 is 5.56 Å². The van der Waals surface area contributed by atoms with Gasteiger partial charge in [-0.15, -0.1) is 0 Å². The first-order chi connectivity index (χ1) is 13.9. The van der Waals surface area contributed by atoms with Crippen LogP contribution in [0.15, 0.2) is 39.5 Å². The number of benzene rings is 1. The van der Waals surface area contributed by atoms with Crippen LogP contribution in [0.4, 0.5) is 22.0 Å². The first kappa shape index (κ1) is 20.5. The third-order valence-electron chi connectivity index (χ3n) is 4.97. The SMILES string of the molecule is Cc1ccc(-c2c(C)c3c4c(Cl)cc(=O)[nH]c4ccc3n2CC(F)(F)C(F)(F)F)o1. The first-order valence-electron chi connectivity index (χ1n) is 8.76. The monoisotopic (exact) mass is 444 g/mol. The molecule has 3 aromatic heterocycles. The lowest BCUT2D eigenvalue weighted by Gasteiger charge is -2.22. The Bertz CT molecular complexity index is 1350. The highest BCUT2D eigenvalue weighted by Crippen LogP contribution is 2.43. The van der Waals surface area contributed by atoms with Crippen molar-refractivity contribution in [1.29, 1.82) is 0 Å². The number of pyridine rings is 1. The zero-order chi connectivity index (χ0) is 22.0. The molecule has 0 aliphatic rings. The molecule has 1 aromatic carbocycles. The molecule has 0 saturated carbocycles. The van der Waals surface area contributed by atoms with Crippen molar-refractivity contribution in [3.05, 3.63) is 57.0 Å². The third-order valence-corrected chi connectivity index (χ3v) is 5.27. The molecule has 0 amide bonds. The van der Waals surface area contributed by atoms with Crippen molar-refractivity contribution >= 4 is 33.4 Å². The Hall–Kier alpha value is -2.81. The molecule has 0 radical (unpaired) electrons. The van der Waals surface area contributed by atoms with Crippen LogP contribution in [0, 0.1) is 13.8 Å². The van der Waals surface area contributed by atoms with E-state index in [1.54, 1.807) is 19.9 Å². The summed E-state index contributed by atoms with van der Waals surface area (Å²) in [4.78, 5) is 14.3. The maximum absolute atomic E-state index is 14.1. The molecule has 0 fully saturated rings. The quantitative estimate of drug-likeness (QED) is 0.382. The van der Waals surface area contributed by atoms with Gasteiger partial charge in [0.1, 0.15) is 5.76 Å². The van der Waals surface area contributed by atoms with E-state index in [4.69, 9.17) is 16.0 Å². The van der Waals surface area contributed by atoms with Crippen LogP contribution in [-0.4, -0.2) is 21.6 Å². The fourth-order valence-corrected chi connectivity index (χ4v) is 3.97. The zero-order valence-corrected chi connectivity index (χ0v) is 16.4. The van der Waals surface area contributed by atoms with Crippen molar-refractivity contribution in [2.45, 2.75) is 32.5 Å². The number of aromatic amines is 1. The van der Waals surface area contributed by atoms with E-state index in [9.17, 15) is 26.7 Å². The largest absolute Gasteiger partial charge is 0.460 e. The van der Waals surface area contributed by atoms with Gasteiger partial charge in [0, 0.05) is 22.4 Å². The second-order valence-corrected chi connectivity index (χ2v) is 7.44. The number of alkyl halides is 5. The van der Waals surface area contributed by atoms with E-state index in [1.165, 1.54) is 18.2 Å². The summed E-state index contributed by atoms with van der Waals surface area (Å²) in [5, 5.41) is 0.769. The minimum atomic E-state index is -5.73.